The molecular weight excluding hydrogens is 304 g/mol. The Balaban J connectivity index is 1.49. The molecule has 0 bridgehead atoms. The van der Waals surface area contributed by atoms with Crippen LogP contribution in [0.2, 0.25) is 0 Å². The maximum Gasteiger partial charge on any atom is 0.228 e. The third-order valence-corrected chi connectivity index (χ3v) is 3.85. The molecule has 1 fully saturated rings. The van der Waals surface area contributed by atoms with E-state index in [0.717, 1.165) is 30.4 Å². The summed E-state index contributed by atoms with van der Waals surface area (Å²) in [6.45, 7) is 3.66. The fourth-order valence-corrected chi connectivity index (χ4v) is 2.67. The predicted octanol–water partition coefficient (Wildman–Crippen LogP) is 1.71. The highest BCUT2D eigenvalue weighted by atomic mass is 15.2. The van der Waals surface area contributed by atoms with Crippen LogP contribution in [-0.2, 0) is 0 Å². The molecule has 4 rings (SSSR count). The van der Waals surface area contributed by atoms with Crippen molar-refractivity contribution >= 4 is 17.6 Å². The Hall–Kier alpha value is -3.16. The normalized spacial score (nSPS) is 14.3. The van der Waals surface area contributed by atoms with Crippen LogP contribution in [0.25, 0.3) is 0 Å². The second-order valence-electron chi connectivity index (χ2n) is 5.59. The van der Waals surface area contributed by atoms with Crippen molar-refractivity contribution in [3.05, 3.63) is 54.6 Å². The smallest absolute Gasteiger partial charge is 0.228 e. The average molecular weight is 320 g/mol. The third-order valence-electron chi connectivity index (χ3n) is 3.85. The van der Waals surface area contributed by atoms with Crippen molar-refractivity contribution in [1.82, 2.24) is 29.9 Å². The first kappa shape index (κ1) is 14.4. The van der Waals surface area contributed by atoms with Crippen LogP contribution in [0.3, 0.4) is 0 Å². The Morgan fingerprint density at radius 3 is 2.67 bits per heavy atom. The molecule has 3 aromatic heterocycles. The molecule has 120 valence electrons. The number of nitrogens with one attached hydrogen (secondary N) is 1. The molecule has 1 saturated heterocycles. The molecule has 8 heteroatoms. The van der Waals surface area contributed by atoms with E-state index in [1.54, 1.807) is 31.0 Å². The molecule has 4 heterocycles. The van der Waals surface area contributed by atoms with Gasteiger partial charge in [-0.15, -0.1) is 0 Å². The Morgan fingerprint density at radius 2 is 1.92 bits per heavy atom. The second kappa shape index (κ2) is 6.15. The molecule has 0 aliphatic carbocycles. The number of nitrogens with zero attached hydrogens (tertiary/aromatic N) is 7. The molecule has 0 spiro atoms. The van der Waals surface area contributed by atoms with Crippen molar-refractivity contribution in [3.63, 3.8) is 0 Å². The predicted molar refractivity (Wildman–Crippen MR) is 89.1 cm³/mol. The number of aryl methyl sites for hydroxylation is 1. The molecule has 0 atom stereocenters. The first-order valence-corrected chi connectivity index (χ1v) is 7.68. The van der Waals surface area contributed by atoms with E-state index in [9.17, 15) is 0 Å². The van der Waals surface area contributed by atoms with E-state index >= 15 is 0 Å². The summed E-state index contributed by atoms with van der Waals surface area (Å²) in [5.74, 6) is 3.27. The second-order valence-corrected chi connectivity index (χ2v) is 5.59. The van der Waals surface area contributed by atoms with Crippen LogP contribution in [-0.4, -0.2) is 43.0 Å². The lowest BCUT2D eigenvalue weighted by Crippen LogP contribution is -2.45. The van der Waals surface area contributed by atoms with Crippen LogP contribution < -0.4 is 10.2 Å². The molecule has 0 amide bonds. The fraction of sp³-hybridized carbons (Fsp3) is 0.250. The van der Waals surface area contributed by atoms with Crippen molar-refractivity contribution in [3.8, 4) is 0 Å². The van der Waals surface area contributed by atoms with Crippen molar-refractivity contribution in [2.75, 3.05) is 23.3 Å². The van der Waals surface area contributed by atoms with E-state index in [1.165, 1.54) is 0 Å². The van der Waals surface area contributed by atoms with Crippen LogP contribution in [0.15, 0.2) is 43.1 Å². The summed E-state index contributed by atoms with van der Waals surface area (Å²) in [6, 6.07) is 5.66. The lowest BCUT2D eigenvalue weighted by molar-refractivity contribution is 0.507. The summed E-state index contributed by atoms with van der Waals surface area (Å²) in [5, 5.41) is 3.12. The maximum atomic E-state index is 4.57. The number of aromatic nitrogens is 6. The van der Waals surface area contributed by atoms with E-state index < -0.39 is 0 Å². The summed E-state index contributed by atoms with van der Waals surface area (Å²) < 4.78 is 0. The fourth-order valence-electron chi connectivity index (χ4n) is 2.67. The van der Waals surface area contributed by atoms with Crippen molar-refractivity contribution in [1.29, 1.82) is 0 Å². The van der Waals surface area contributed by atoms with Gasteiger partial charge < -0.3 is 10.2 Å². The molecule has 0 saturated carbocycles. The number of rotatable bonds is 4. The molecule has 1 aliphatic rings. The Labute approximate surface area is 139 Å². The maximum absolute atomic E-state index is 4.57. The van der Waals surface area contributed by atoms with Gasteiger partial charge in [-0.2, -0.15) is 0 Å². The van der Waals surface area contributed by atoms with Crippen LogP contribution in [0.4, 0.5) is 17.6 Å². The minimum Gasteiger partial charge on any atom is -0.355 e. The Kier molecular flexibility index (Phi) is 3.70. The first-order chi connectivity index (χ1) is 11.8. The van der Waals surface area contributed by atoms with Gasteiger partial charge in [0.15, 0.2) is 0 Å². The van der Waals surface area contributed by atoms with E-state index in [-0.39, 0.29) is 0 Å². The average Bonchev–Trinajstić information content (AvgIpc) is 2.55. The summed E-state index contributed by atoms with van der Waals surface area (Å²) >= 11 is 0. The molecule has 1 aliphatic heterocycles. The largest absolute Gasteiger partial charge is 0.355 e. The lowest BCUT2D eigenvalue weighted by atomic mass is 9.96. The van der Waals surface area contributed by atoms with Gasteiger partial charge in [0, 0.05) is 43.7 Å². The van der Waals surface area contributed by atoms with Gasteiger partial charge in [-0.3, -0.25) is 0 Å². The van der Waals surface area contributed by atoms with Gasteiger partial charge in [0.25, 0.3) is 0 Å². The topological polar surface area (TPSA) is 92.6 Å². The van der Waals surface area contributed by atoms with Crippen LogP contribution in [0.5, 0.6) is 0 Å². The van der Waals surface area contributed by atoms with E-state index in [0.29, 0.717) is 17.7 Å². The highest BCUT2D eigenvalue weighted by molar-refractivity contribution is 5.50. The van der Waals surface area contributed by atoms with E-state index in [1.807, 2.05) is 19.1 Å². The molecule has 3 aromatic rings. The quantitative estimate of drug-likeness (QED) is 0.776. The van der Waals surface area contributed by atoms with Crippen LogP contribution in [0, 0.1) is 6.92 Å². The molecule has 0 radical (unpaired) electrons. The molecule has 0 aromatic carbocycles. The van der Waals surface area contributed by atoms with Crippen molar-refractivity contribution in [2.24, 2.45) is 0 Å². The van der Waals surface area contributed by atoms with Crippen molar-refractivity contribution in [2.45, 2.75) is 12.8 Å². The zero-order chi connectivity index (χ0) is 16.4. The van der Waals surface area contributed by atoms with Gasteiger partial charge in [0.2, 0.25) is 5.95 Å². The van der Waals surface area contributed by atoms with Crippen LogP contribution >= 0.6 is 0 Å². The minimum absolute atomic E-state index is 0.360. The standard InChI is InChI=1S/C16H16N8/c1-11-21-13(7-14(22-11)23-16-18-4-2-5-19-16)12-8-24(9-12)15-3-6-17-10-20-15/h2-7,10,12H,8-9H2,1H3,(H,18,19,21,22,23). The number of hydrogen-bond donors (Lipinski definition) is 1. The van der Waals surface area contributed by atoms with Crippen molar-refractivity contribution < 1.29 is 0 Å². The van der Waals surface area contributed by atoms with Gasteiger partial charge in [-0.25, -0.2) is 29.9 Å². The minimum atomic E-state index is 0.360. The molecular formula is C16H16N8. The van der Waals surface area contributed by atoms with Gasteiger partial charge in [-0.1, -0.05) is 0 Å². The summed E-state index contributed by atoms with van der Waals surface area (Å²) in [7, 11) is 0. The summed E-state index contributed by atoms with van der Waals surface area (Å²) in [5.41, 5.74) is 1.02. The van der Waals surface area contributed by atoms with E-state index in [2.05, 4.69) is 40.1 Å². The SMILES string of the molecule is Cc1nc(Nc2ncccn2)cc(C2CN(c3ccncn3)C2)n1. The monoisotopic (exact) mass is 320 g/mol. The third kappa shape index (κ3) is 2.98. The van der Waals surface area contributed by atoms with Crippen LogP contribution in [0.1, 0.15) is 17.4 Å². The zero-order valence-electron chi connectivity index (χ0n) is 13.2. The Morgan fingerprint density at radius 1 is 1.08 bits per heavy atom. The first-order valence-electron chi connectivity index (χ1n) is 7.68. The molecule has 1 N–H and O–H groups in total. The summed E-state index contributed by atoms with van der Waals surface area (Å²) in [4.78, 5) is 27.7. The van der Waals surface area contributed by atoms with Gasteiger partial charge in [0.05, 0.1) is 5.69 Å². The summed E-state index contributed by atoms with van der Waals surface area (Å²) in [6.07, 6.45) is 6.71. The number of anilines is 3. The van der Waals surface area contributed by atoms with E-state index in [4.69, 9.17) is 0 Å². The highest BCUT2D eigenvalue weighted by Gasteiger charge is 2.30. The lowest BCUT2D eigenvalue weighted by Gasteiger charge is -2.39. The molecule has 24 heavy (non-hydrogen) atoms. The van der Waals surface area contributed by atoms with Gasteiger partial charge >= 0.3 is 0 Å². The molecule has 8 nitrogen and oxygen atoms in total. The number of hydrogen-bond acceptors (Lipinski definition) is 8. The Bertz CT molecular complexity index is 818. The zero-order valence-corrected chi connectivity index (χ0v) is 13.2. The highest BCUT2D eigenvalue weighted by Crippen LogP contribution is 2.30. The van der Waals surface area contributed by atoms with Gasteiger partial charge in [-0.05, 0) is 19.1 Å². The van der Waals surface area contributed by atoms with Gasteiger partial charge in [0.1, 0.15) is 23.8 Å². The molecule has 0 unspecified atom stereocenters.